The Kier molecular flexibility index (Phi) is 8.77. The standard InChI is InChI=1S/C24H20Cl2N2O4S/c1-2-32-24(31)15-3-6-17(7-4-15)27-22(29)14-33-19-10-8-18(9-11-19)28-23(30)20-12-5-16(25)13-21(20)26/h3-13H,2,14H2,1H3,(H,27,29)(H,28,30). The molecule has 0 saturated carbocycles. The summed E-state index contributed by atoms with van der Waals surface area (Å²) in [5.74, 6) is -0.725. The van der Waals surface area contributed by atoms with Crippen LogP contribution in [0.2, 0.25) is 10.0 Å². The molecule has 3 rings (SSSR count). The quantitative estimate of drug-likeness (QED) is 0.284. The van der Waals surface area contributed by atoms with Crippen LogP contribution in [0.4, 0.5) is 11.4 Å². The fourth-order valence-corrected chi connectivity index (χ4v) is 3.95. The van der Waals surface area contributed by atoms with E-state index < -0.39 is 5.97 Å². The van der Waals surface area contributed by atoms with Crippen LogP contribution in [0.3, 0.4) is 0 Å². The van der Waals surface area contributed by atoms with Crippen molar-refractivity contribution in [3.05, 3.63) is 87.9 Å². The minimum absolute atomic E-state index is 0.182. The SMILES string of the molecule is CCOC(=O)c1ccc(NC(=O)CSc2ccc(NC(=O)c3ccc(Cl)cc3Cl)cc2)cc1. The number of benzene rings is 3. The van der Waals surface area contributed by atoms with Crippen molar-refractivity contribution in [3.63, 3.8) is 0 Å². The molecular formula is C24H20Cl2N2O4S. The van der Waals surface area contributed by atoms with E-state index in [0.29, 0.717) is 34.1 Å². The van der Waals surface area contributed by atoms with Gasteiger partial charge in [0, 0.05) is 21.3 Å². The maximum absolute atomic E-state index is 12.4. The van der Waals surface area contributed by atoms with E-state index in [2.05, 4.69) is 10.6 Å². The van der Waals surface area contributed by atoms with Gasteiger partial charge >= 0.3 is 5.97 Å². The lowest BCUT2D eigenvalue weighted by Gasteiger charge is -2.09. The number of halogens is 2. The first-order chi connectivity index (χ1) is 15.9. The molecule has 0 aliphatic carbocycles. The van der Waals surface area contributed by atoms with Gasteiger partial charge in [0.25, 0.3) is 5.91 Å². The Morgan fingerprint density at radius 1 is 0.879 bits per heavy atom. The molecule has 0 spiro atoms. The fourth-order valence-electron chi connectivity index (χ4n) is 2.76. The zero-order valence-corrected chi connectivity index (χ0v) is 19.9. The molecule has 3 aromatic rings. The van der Waals surface area contributed by atoms with Gasteiger partial charge < -0.3 is 15.4 Å². The number of carbonyl (C=O) groups is 3. The average molecular weight is 503 g/mol. The van der Waals surface area contributed by atoms with Crippen LogP contribution in [-0.4, -0.2) is 30.1 Å². The Bertz CT molecular complexity index is 1150. The zero-order valence-electron chi connectivity index (χ0n) is 17.6. The van der Waals surface area contributed by atoms with Crippen molar-refractivity contribution in [1.29, 1.82) is 0 Å². The van der Waals surface area contributed by atoms with E-state index in [-0.39, 0.29) is 22.6 Å². The molecule has 3 aromatic carbocycles. The number of rotatable bonds is 8. The highest BCUT2D eigenvalue weighted by Gasteiger charge is 2.12. The summed E-state index contributed by atoms with van der Waals surface area (Å²) in [6.45, 7) is 2.05. The number of anilines is 2. The van der Waals surface area contributed by atoms with Crippen molar-refractivity contribution in [1.82, 2.24) is 0 Å². The molecule has 0 aromatic heterocycles. The Hall–Kier alpha value is -3.00. The number of hydrogen-bond donors (Lipinski definition) is 2. The van der Waals surface area contributed by atoms with E-state index in [0.717, 1.165) is 4.90 Å². The van der Waals surface area contributed by atoms with Gasteiger partial charge in [-0.3, -0.25) is 9.59 Å². The first kappa shape index (κ1) is 24.6. The smallest absolute Gasteiger partial charge is 0.338 e. The zero-order chi connectivity index (χ0) is 23.8. The summed E-state index contributed by atoms with van der Waals surface area (Å²) in [4.78, 5) is 37.2. The van der Waals surface area contributed by atoms with Gasteiger partial charge in [-0.05, 0) is 73.7 Å². The third-order valence-corrected chi connectivity index (χ3v) is 5.90. The number of carbonyl (C=O) groups excluding carboxylic acids is 3. The molecular weight excluding hydrogens is 483 g/mol. The maximum atomic E-state index is 12.4. The van der Waals surface area contributed by atoms with Crippen molar-refractivity contribution in [3.8, 4) is 0 Å². The number of amides is 2. The molecule has 0 aliphatic rings. The van der Waals surface area contributed by atoms with Gasteiger partial charge in [-0.15, -0.1) is 11.8 Å². The number of ether oxygens (including phenoxy) is 1. The second-order valence-corrected chi connectivity index (χ2v) is 8.63. The molecule has 2 N–H and O–H groups in total. The van der Waals surface area contributed by atoms with E-state index in [4.69, 9.17) is 27.9 Å². The van der Waals surface area contributed by atoms with Crippen molar-refractivity contribution in [2.24, 2.45) is 0 Å². The summed E-state index contributed by atoms with van der Waals surface area (Å²) in [5.41, 5.74) is 1.94. The molecule has 170 valence electrons. The van der Waals surface area contributed by atoms with Crippen LogP contribution < -0.4 is 10.6 Å². The van der Waals surface area contributed by atoms with Crippen molar-refractivity contribution < 1.29 is 19.1 Å². The first-order valence-electron chi connectivity index (χ1n) is 9.92. The van der Waals surface area contributed by atoms with Crippen LogP contribution in [0.1, 0.15) is 27.6 Å². The highest BCUT2D eigenvalue weighted by Crippen LogP contribution is 2.24. The van der Waals surface area contributed by atoms with Crippen molar-refractivity contribution in [2.45, 2.75) is 11.8 Å². The normalized spacial score (nSPS) is 10.4. The van der Waals surface area contributed by atoms with Crippen LogP contribution in [0, 0.1) is 0 Å². The molecule has 0 atom stereocenters. The van der Waals surface area contributed by atoms with E-state index in [9.17, 15) is 14.4 Å². The Balaban J connectivity index is 1.49. The number of hydrogen-bond acceptors (Lipinski definition) is 5. The predicted octanol–water partition coefficient (Wildman–Crippen LogP) is 6.15. The largest absolute Gasteiger partial charge is 0.462 e. The summed E-state index contributed by atoms with van der Waals surface area (Å²) >= 11 is 13.3. The molecule has 6 nitrogen and oxygen atoms in total. The maximum Gasteiger partial charge on any atom is 0.338 e. The van der Waals surface area contributed by atoms with Gasteiger partial charge in [-0.2, -0.15) is 0 Å². The summed E-state index contributed by atoms with van der Waals surface area (Å²) in [6, 6.07) is 18.3. The van der Waals surface area contributed by atoms with Gasteiger partial charge in [-0.1, -0.05) is 23.2 Å². The van der Waals surface area contributed by atoms with E-state index in [1.165, 1.54) is 17.8 Å². The van der Waals surface area contributed by atoms with Gasteiger partial charge in [0.2, 0.25) is 5.91 Å². The number of thioether (sulfide) groups is 1. The second-order valence-electron chi connectivity index (χ2n) is 6.74. The number of esters is 1. The van der Waals surface area contributed by atoms with Gasteiger partial charge in [0.15, 0.2) is 0 Å². The second kappa shape index (κ2) is 11.7. The molecule has 0 saturated heterocycles. The minimum Gasteiger partial charge on any atom is -0.462 e. The molecule has 0 heterocycles. The fraction of sp³-hybridized carbons (Fsp3) is 0.125. The molecule has 2 amide bonds. The van der Waals surface area contributed by atoms with Crippen LogP contribution >= 0.6 is 35.0 Å². The van der Waals surface area contributed by atoms with Gasteiger partial charge in [0.1, 0.15) is 0 Å². The monoisotopic (exact) mass is 502 g/mol. The minimum atomic E-state index is -0.401. The van der Waals surface area contributed by atoms with Crippen LogP contribution in [0.5, 0.6) is 0 Å². The lowest BCUT2D eigenvalue weighted by Crippen LogP contribution is -2.14. The van der Waals surface area contributed by atoms with Gasteiger partial charge in [-0.25, -0.2) is 4.79 Å². The van der Waals surface area contributed by atoms with Crippen LogP contribution in [-0.2, 0) is 9.53 Å². The third kappa shape index (κ3) is 7.25. The highest BCUT2D eigenvalue weighted by atomic mass is 35.5. The molecule has 33 heavy (non-hydrogen) atoms. The molecule has 0 bridgehead atoms. The Labute approximate surface area is 205 Å². The summed E-state index contributed by atoms with van der Waals surface area (Å²) in [6.07, 6.45) is 0. The molecule has 0 fully saturated rings. The van der Waals surface area contributed by atoms with Crippen molar-refractivity contribution >= 4 is 64.1 Å². The van der Waals surface area contributed by atoms with Crippen LogP contribution in [0.15, 0.2) is 71.6 Å². The van der Waals surface area contributed by atoms with Crippen LogP contribution in [0.25, 0.3) is 0 Å². The molecule has 0 unspecified atom stereocenters. The number of nitrogens with one attached hydrogen (secondary N) is 2. The molecule has 0 aliphatic heterocycles. The lowest BCUT2D eigenvalue weighted by molar-refractivity contribution is -0.113. The van der Waals surface area contributed by atoms with E-state index in [1.807, 2.05) is 12.1 Å². The Morgan fingerprint density at radius 2 is 1.52 bits per heavy atom. The van der Waals surface area contributed by atoms with E-state index >= 15 is 0 Å². The predicted molar refractivity (Wildman–Crippen MR) is 133 cm³/mol. The highest BCUT2D eigenvalue weighted by molar-refractivity contribution is 8.00. The summed E-state index contributed by atoms with van der Waals surface area (Å²) in [7, 11) is 0. The summed E-state index contributed by atoms with van der Waals surface area (Å²) < 4.78 is 4.93. The third-order valence-electron chi connectivity index (χ3n) is 4.34. The van der Waals surface area contributed by atoms with E-state index in [1.54, 1.807) is 55.5 Å². The summed E-state index contributed by atoms with van der Waals surface area (Å²) in [5, 5.41) is 6.29. The lowest BCUT2D eigenvalue weighted by atomic mass is 10.2. The average Bonchev–Trinajstić information content (AvgIpc) is 2.79. The molecule has 9 heteroatoms. The Morgan fingerprint density at radius 3 is 2.15 bits per heavy atom. The molecule has 0 radical (unpaired) electrons. The first-order valence-corrected chi connectivity index (χ1v) is 11.7. The topological polar surface area (TPSA) is 84.5 Å². The van der Waals surface area contributed by atoms with Gasteiger partial charge in [0.05, 0.1) is 28.5 Å². The van der Waals surface area contributed by atoms with Crippen molar-refractivity contribution in [2.75, 3.05) is 23.0 Å².